The standard InChI is InChI=1S/C9H14NO2/c1-2-12-9(11)8-10-6-4-3-5-7-10/h3-7,9,11H,2,8H2,1H3/q+1. The van der Waals surface area contributed by atoms with Crippen LogP contribution in [0.5, 0.6) is 0 Å². The molecule has 12 heavy (non-hydrogen) atoms. The van der Waals surface area contributed by atoms with Crippen LogP contribution < -0.4 is 4.57 Å². The minimum Gasteiger partial charge on any atom is -0.363 e. The van der Waals surface area contributed by atoms with Crippen molar-refractivity contribution < 1.29 is 14.4 Å². The highest BCUT2D eigenvalue weighted by molar-refractivity contribution is 4.83. The van der Waals surface area contributed by atoms with Gasteiger partial charge in [0.2, 0.25) is 6.29 Å². The van der Waals surface area contributed by atoms with Gasteiger partial charge in [-0.05, 0) is 6.92 Å². The summed E-state index contributed by atoms with van der Waals surface area (Å²) in [6, 6.07) is 5.76. The number of aromatic nitrogens is 1. The molecule has 0 fully saturated rings. The average molecular weight is 168 g/mol. The molecule has 0 aliphatic rings. The van der Waals surface area contributed by atoms with E-state index in [2.05, 4.69) is 0 Å². The van der Waals surface area contributed by atoms with Crippen molar-refractivity contribution in [3.05, 3.63) is 30.6 Å². The maximum atomic E-state index is 9.26. The fraction of sp³-hybridized carbons (Fsp3) is 0.444. The van der Waals surface area contributed by atoms with E-state index in [0.29, 0.717) is 13.2 Å². The van der Waals surface area contributed by atoms with Crippen LogP contribution in [0.2, 0.25) is 0 Å². The first kappa shape index (κ1) is 9.16. The van der Waals surface area contributed by atoms with Gasteiger partial charge in [0.25, 0.3) is 0 Å². The normalized spacial score (nSPS) is 12.8. The molecule has 0 aliphatic heterocycles. The van der Waals surface area contributed by atoms with Crippen molar-refractivity contribution in [1.82, 2.24) is 0 Å². The minimum absolute atomic E-state index is 0.481. The van der Waals surface area contributed by atoms with Gasteiger partial charge in [-0.1, -0.05) is 6.07 Å². The van der Waals surface area contributed by atoms with Crippen molar-refractivity contribution in [2.75, 3.05) is 6.61 Å². The van der Waals surface area contributed by atoms with Crippen molar-refractivity contribution in [2.45, 2.75) is 19.8 Å². The highest BCUT2D eigenvalue weighted by Gasteiger charge is 2.08. The van der Waals surface area contributed by atoms with Crippen molar-refractivity contribution in [1.29, 1.82) is 0 Å². The first-order valence-electron chi connectivity index (χ1n) is 4.06. The van der Waals surface area contributed by atoms with Crippen LogP contribution in [0.25, 0.3) is 0 Å². The molecule has 0 amide bonds. The van der Waals surface area contributed by atoms with Crippen molar-refractivity contribution >= 4 is 0 Å². The highest BCUT2D eigenvalue weighted by Crippen LogP contribution is 1.86. The van der Waals surface area contributed by atoms with Crippen LogP contribution in [0.4, 0.5) is 0 Å². The molecule has 1 heterocycles. The van der Waals surface area contributed by atoms with Gasteiger partial charge >= 0.3 is 0 Å². The zero-order valence-electron chi connectivity index (χ0n) is 7.18. The third-order valence-corrected chi connectivity index (χ3v) is 1.50. The summed E-state index contributed by atoms with van der Waals surface area (Å²) in [6.45, 7) is 2.88. The third kappa shape index (κ3) is 2.98. The maximum Gasteiger partial charge on any atom is 0.215 e. The number of nitrogens with zero attached hydrogens (tertiary/aromatic N) is 1. The minimum atomic E-state index is -0.706. The molecular formula is C9H14NO2+. The van der Waals surface area contributed by atoms with Crippen LogP contribution in [-0.2, 0) is 11.3 Å². The Balaban J connectivity index is 2.41. The topological polar surface area (TPSA) is 33.3 Å². The van der Waals surface area contributed by atoms with E-state index in [1.165, 1.54) is 0 Å². The van der Waals surface area contributed by atoms with Gasteiger partial charge in [0.05, 0.1) is 0 Å². The van der Waals surface area contributed by atoms with E-state index >= 15 is 0 Å². The van der Waals surface area contributed by atoms with E-state index in [9.17, 15) is 5.11 Å². The SMILES string of the molecule is CCOC(O)C[n+]1ccccc1. The predicted molar refractivity (Wildman–Crippen MR) is 44.3 cm³/mol. The molecule has 0 radical (unpaired) electrons. The number of hydrogen-bond acceptors (Lipinski definition) is 2. The van der Waals surface area contributed by atoms with E-state index in [1.807, 2.05) is 42.1 Å². The van der Waals surface area contributed by atoms with Crippen LogP contribution in [0.15, 0.2) is 30.6 Å². The molecule has 1 aromatic rings. The van der Waals surface area contributed by atoms with Gasteiger partial charge in [0, 0.05) is 18.7 Å². The fourth-order valence-electron chi connectivity index (χ4n) is 0.981. The van der Waals surface area contributed by atoms with E-state index in [-0.39, 0.29) is 0 Å². The Hall–Kier alpha value is -0.930. The van der Waals surface area contributed by atoms with Crippen molar-refractivity contribution in [3.63, 3.8) is 0 Å². The summed E-state index contributed by atoms with van der Waals surface area (Å²) in [7, 11) is 0. The Bertz CT molecular complexity index is 213. The Morgan fingerprint density at radius 3 is 2.58 bits per heavy atom. The summed E-state index contributed by atoms with van der Waals surface area (Å²) in [6.07, 6.45) is 3.08. The van der Waals surface area contributed by atoms with Gasteiger partial charge in [0.1, 0.15) is 0 Å². The lowest BCUT2D eigenvalue weighted by atomic mass is 10.4. The predicted octanol–water partition coefficient (Wildman–Crippen LogP) is 0.329. The zero-order valence-corrected chi connectivity index (χ0v) is 7.18. The molecule has 0 bridgehead atoms. The number of hydrogen-bond donors (Lipinski definition) is 1. The lowest BCUT2D eigenvalue weighted by Gasteiger charge is -2.05. The number of aliphatic hydroxyl groups is 1. The van der Waals surface area contributed by atoms with Crippen LogP contribution in [0.3, 0.4) is 0 Å². The molecule has 1 N–H and O–H groups in total. The Morgan fingerprint density at radius 1 is 1.33 bits per heavy atom. The molecule has 3 heteroatoms. The molecule has 0 saturated heterocycles. The van der Waals surface area contributed by atoms with Gasteiger partial charge < -0.3 is 9.84 Å². The lowest BCUT2D eigenvalue weighted by Crippen LogP contribution is -2.39. The summed E-state index contributed by atoms with van der Waals surface area (Å²) in [5.41, 5.74) is 0. The Morgan fingerprint density at radius 2 is 2.00 bits per heavy atom. The van der Waals surface area contributed by atoms with Crippen molar-refractivity contribution in [3.8, 4) is 0 Å². The first-order valence-corrected chi connectivity index (χ1v) is 4.06. The van der Waals surface area contributed by atoms with Crippen LogP contribution in [0.1, 0.15) is 6.92 Å². The first-order chi connectivity index (χ1) is 5.83. The number of pyridine rings is 1. The van der Waals surface area contributed by atoms with Gasteiger partial charge in [0.15, 0.2) is 18.9 Å². The Labute approximate surface area is 72.2 Å². The van der Waals surface area contributed by atoms with E-state index in [0.717, 1.165) is 0 Å². The average Bonchev–Trinajstić information content (AvgIpc) is 2.06. The maximum absolute atomic E-state index is 9.26. The largest absolute Gasteiger partial charge is 0.363 e. The van der Waals surface area contributed by atoms with Crippen LogP contribution >= 0.6 is 0 Å². The van der Waals surface area contributed by atoms with Gasteiger partial charge in [-0.3, -0.25) is 0 Å². The molecule has 0 spiro atoms. The lowest BCUT2D eigenvalue weighted by molar-refractivity contribution is -0.710. The quantitative estimate of drug-likeness (QED) is 0.519. The van der Waals surface area contributed by atoms with Crippen molar-refractivity contribution in [2.24, 2.45) is 0 Å². The van der Waals surface area contributed by atoms with Crippen LogP contribution in [-0.4, -0.2) is 18.0 Å². The second kappa shape index (κ2) is 4.85. The van der Waals surface area contributed by atoms with Gasteiger partial charge in [-0.2, -0.15) is 4.57 Å². The molecule has 0 aromatic carbocycles. The molecular weight excluding hydrogens is 154 g/mol. The molecule has 1 unspecified atom stereocenters. The zero-order chi connectivity index (χ0) is 8.81. The molecule has 1 aromatic heterocycles. The van der Waals surface area contributed by atoms with E-state index in [4.69, 9.17) is 4.74 Å². The molecule has 1 rings (SSSR count). The molecule has 66 valence electrons. The molecule has 0 aliphatic carbocycles. The van der Waals surface area contributed by atoms with Gasteiger partial charge in [-0.25, -0.2) is 0 Å². The molecule has 0 saturated carbocycles. The summed E-state index contributed by atoms with van der Waals surface area (Å²) in [4.78, 5) is 0. The van der Waals surface area contributed by atoms with Gasteiger partial charge in [-0.15, -0.1) is 0 Å². The van der Waals surface area contributed by atoms with E-state index < -0.39 is 6.29 Å². The summed E-state index contributed by atoms with van der Waals surface area (Å²) < 4.78 is 6.86. The highest BCUT2D eigenvalue weighted by atomic mass is 16.6. The summed E-state index contributed by atoms with van der Waals surface area (Å²) >= 11 is 0. The second-order valence-electron chi connectivity index (χ2n) is 2.48. The Kier molecular flexibility index (Phi) is 3.70. The fourth-order valence-corrected chi connectivity index (χ4v) is 0.981. The van der Waals surface area contributed by atoms with E-state index in [1.54, 1.807) is 0 Å². The number of aliphatic hydroxyl groups excluding tert-OH is 1. The summed E-state index contributed by atoms with van der Waals surface area (Å²) in [5.74, 6) is 0. The van der Waals surface area contributed by atoms with Crippen LogP contribution in [0, 0.1) is 0 Å². The summed E-state index contributed by atoms with van der Waals surface area (Å²) in [5, 5.41) is 9.26. The molecule has 1 atom stereocenters. The second-order valence-corrected chi connectivity index (χ2v) is 2.48. The molecule has 3 nitrogen and oxygen atoms in total. The number of ether oxygens (including phenoxy) is 1. The third-order valence-electron chi connectivity index (χ3n) is 1.50. The smallest absolute Gasteiger partial charge is 0.215 e. The number of rotatable bonds is 4. The monoisotopic (exact) mass is 168 g/mol.